The second kappa shape index (κ2) is 3.31. The van der Waals surface area contributed by atoms with Crippen molar-refractivity contribution in [1.82, 2.24) is 15.3 Å². The first kappa shape index (κ1) is 8.36. The van der Waals surface area contributed by atoms with Gasteiger partial charge in [-0.1, -0.05) is 0 Å². The molecule has 0 aromatic carbocycles. The lowest BCUT2D eigenvalue weighted by atomic mass is 9.79. The summed E-state index contributed by atoms with van der Waals surface area (Å²) in [6, 6.07) is 0.680. The highest BCUT2D eigenvalue weighted by Crippen LogP contribution is 2.38. The van der Waals surface area contributed by atoms with E-state index in [0.717, 1.165) is 5.92 Å². The molecule has 3 nitrogen and oxygen atoms in total. The fourth-order valence-corrected chi connectivity index (χ4v) is 2.89. The highest BCUT2D eigenvalue weighted by atomic mass is 15.0. The second-order valence-corrected chi connectivity index (χ2v) is 4.47. The van der Waals surface area contributed by atoms with E-state index in [1.165, 1.54) is 31.4 Å². The SMILES string of the molecule is c1ncc(C2CCC3CNC2C3)cn1. The number of rotatable bonds is 1. The van der Waals surface area contributed by atoms with Gasteiger partial charge in [0.25, 0.3) is 0 Å². The van der Waals surface area contributed by atoms with Crippen LogP contribution in [-0.4, -0.2) is 22.6 Å². The van der Waals surface area contributed by atoms with Crippen molar-refractivity contribution in [2.45, 2.75) is 31.2 Å². The summed E-state index contributed by atoms with van der Waals surface area (Å²) < 4.78 is 0. The molecule has 1 N–H and O–H groups in total. The largest absolute Gasteiger partial charge is 0.313 e. The van der Waals surface area contributed by atoms with E-state index in [2.05, 4.69) is 15.3 Å². The average molecular weight is 189 g/mol. The first-order valence-electron chi connectivity index (χ1n) is 5.42. The van der Waals surface area contributed by atoms with Crippen molar-refractivity contribution in [3.8, 4) is 0 Å². The normalized spacial score (nSPS) is 35.9. The Bertz CT molecular complexity index is 312. The summed E-state index contributed by atoms with van der Waals surface area (Å²) >= 11 is 0. The van der Waals surface area contributed by atoms with Crippen LogP contribution in [0.4, 0.5) is 0 Å². The Kier molecular flexibility index (Phi) is 1.98. The Morgan fingerprint density at radius 1 is 1.21 bits per heavy atom. The molecule has 3 unspecified atom stereocenters. The Labute approximate surface area is 84.0 Å². The third-order valence-electron chi connectivity index (χ3n) is 3.64. The summed E-state index contributed by atoms with van der Waals surface area (Å²) in [4.78, 5) is 8.21. The van der Waals surface area contributed by atoms with Crippen LogP contribution < -0.4 is 5.32 Å². The number of nitrogens with one attached hydrogen (secondary N) is 1. The molecule has 1 aliphatic carbocycles. The fraction of sp³-hybridized carbons (Fsp3) is 0.636. The van der Waals surface area contributed by atoms with E-state index in [-0.39, 0.29) is 0 Å². The molecule has 2 bridgehead atoms. The van der Waals surface area contributed by atoms with Crippen LogP contribution in [0.3, 0.4) is 0 Å². The summed E-state index contributed by atoms with van der Waals surface area (Å²) in [6.07, 6.45) is 9.56. The Hall–Kier alpha value is -0.960. The highest BCUT2D eigenvalue weighted by molar-refractivity contribution is 5.16. The first-order chi connectivity index (χ1) is 6.93. The van der Waals surface area contributed by atoms with E-state index >= 15 is 0 Å². The molecule has 1 aromatic heterocycles. The van der Waals surface area contributed by atoms with Crippen molar-refractivity contribution in [3.05, 3.63) is 24.3 Å². The summed E-state index contributed by atoms with van der Waals surface area (Å²) in [5.41, 5.74) is 1.31. The average Bonchev–Trinajstić information content (AvgIpc) is 2.62. The highest BCUT2D eigenvalue weighted by Gasteiger charge is 2.36. The van der Waals surface area contributed by atoms with Crippen LogP contribution in [0.5, 0.6) is 0 Å². The predicted molar refractivity (Wildman–Crippen MR) is 53.9 cm³/mol. The molecule has 0 spiro atoms. The quantitative estimate of drug-likeness (QED) is 0.724. The summed E-state index contributed by atoms with van der Waals surface area (Å²) in [5.74, 6) is 1.58. The van der Waals surface area contributed by atoms with E-state index in [1.54, 1.807) is 6.33 Å². The van der Waals surface area contributed by atoms with E-state index in [0.29, 0.717) is 12.0 Å². The Balaban J connectivity index is 1.85. The molecule has 0 radical (unpaired) electrons. The molecule has 14 heavy (non-hydrogen) atoms. The maximum atomic E-state index is 4.10. The third kappa shape index (κ3) is 1.32. The van der Waals surface area contributed by atoms with Crippen molar-refractivity contribution in [1.29, 1.82) is 0 Å². The van der Waals surface area contributed by atoms with Gasteiger partial charge in [0.05, 0.1) is 0 Å². The van der Waals surface area contributed by atoms with Gasteiger partial charge in [0.15, 0.2) is 0 Å². The molecule has 74 valence electrons. The predicted octanol–water partition coefficient (Wildman–Crippen LogP) is 1.33. The van der Waals surface area contributed by atoms with Crippen LogP contribution >= 0.6 is 0 Å². The number of hydrogen-bond donors (Lipinski definition) is 1. The molecule has 1 aliphatic heterocycles. The topological polar surface area (TPSA) is 37.8 Å². The van der Waals surface area contributed by atoms with Crippen LogP contribution in [0.1, 0.15) is 30.7 Å². The molecule has 1 aromatic rings. The van der Waals surface area contributed by atoms with Crippen molar-refractivity contribution in [3.63, 3.8) is 0 Å². The van der Waals surface area contributed by atoms with Crippen LogP contribution in [0, 0.1) is 5.92 Å². The molecule has 3 heteroatoms. The number of fused-ring (bicyclic) bond motifs is 2. The molecular formula is C11H15N3. The molecule has 2 aliphatic rings. The Morgan fingerprint density at radius 3 is 2.93 bits per heavy atom. The molecular weight excluding hydrogens is 174 g/mol. The van der Waals surface area contributed by atoms with Gasteiger partial charge >= 0.3 is 0 Å². The number of nitrogens with zero attached hydrogens (tertiary/aromatic N) is 2. The Morgan fingerprint density at radius 2 is 2.07 bits per heavy atom. The number of aromatic nitrogens is 2. The fourth-order valence-electron chi connectivity index (χ4n) is 2.89. The number of hydrogen-bond acceptors (Lipinski definition) is 3. The lowest BCUT2D eigenvalue weighted by molar-refractivity contribution is 0.362. The van der Waals surface area contributed by atoms with Crippen LogP contribution in [0.2, 0.25) is 0 Å². The van der Waals surface area contributed by atoms with Gasteiger partial charge in [0.1, 0.15) is 6.33 Å². The van der Waals surface area contributed by atoms with Crippen molar-refractivity contribution in [2.75, 3.05) is 6.54 Å². The maximum absolute atomic E-state index is 4.10. The zero-order valence-corrected chi connectivity index (χ0v) is 8.19. The zero-order valence-electron chi connectivity index (χ0n) is 8.19. The molecule has 2 heterocycles. The van der Waals surface area contributed by atoms with E-state index < -0.39 is 0 Å². The van der Waals surface area contributed by atoms with Gasteiger partial charge in [-0.15, -0.1) is 0 Å². The summed E-state index contributed by atoms with van der Waals surface area (Å²) in [5, 5.41) is 3.61. The van der Waals surface area contributed by atoms with Crippen LogP contribution in [0.25, 0.3) is 0 Å². The van der Waals surface area contributed by atoms with Gasteiger partial charge < -0.3 is 5.32 Å². The van der Waals surface area contributed by atoms with E-state index in [4.69, 9.17) is 0 Å². The van der Waals surface area contributed by atoms with Gasteiger partial charge in [-0.2, -0.15) is 0 Å². The van der Waals surface area contributed by atoms with Gasteiger partial charge in [-0.3, -0.25) is 0 Å². The second-order valence-electron chi connectivity index (χ2n) is 4.47. The van der Waals surface area contributed by atoms with Crippen molar-refractivity contribution < 1.29 is 0 Å². The molecule has 3 atom stereocenters. The lowest BCUT2D eigenvalue weighted by Crippen LogP contribution is -2.29. The molecule has 1 saturated heterocycles. The third-order valence-corrected chi connectivity index (χ3v) is 3.64. The van der Waals surface area contributed by atoms with Gasteiger partial charge in [-0.25, -0.2) is 9.97 Å². The van der Waals surface area contributed by atoms with Gasteiger partial charge in [0.2, 0.25) is 0 Å². The lowest BCUT2D eigenvalue weighted by Gasteiger charge is -2.27. The van der Waals surface area contributed by atoms with Crippen molar-refractivity contribution >= 4 is 0 Å². The zero-order chi connectivity index (χ0) is 9.38. The minimum atomic E-state index is 0.648. The molecule has 2 fully saturated rings. The van der Waals surface area contributed by atoms with E-state index in [1.807, 2.05) is 12.4 Å². The van der Waals surface area contributed by atoms with E-state index in [9.17, 15) is 0 Å². The smallest absolute Gasteiger partial charge is 0.115 e. The van der Waals surface area contributed by atoms with Gasteiger partial charge in [0, 0.05) is 24.4 Å². The monoisotopic (exact) mass is 189 g/mol. The minimum absolute atomic E-state index is 0.648. The van der Waals surface area contributed by atoms with Crippen LogP contribution in [-0.2, 0) is 0 Å². The summed E-state index contributed by atoms with van der Waals surface area (Å²) in [7, 11) is 0. The summed E-state index contributed by atoms with van der Waals surface area (Å²) in [6.45, 7) is 1.22. The molecule has 3 rings (SSSR count). The first-order valence-corrected chi connectivity index (χ1v) is 5.42. The van der Waals surface area contributed by atoms with Gasteiger partial charge in [-0.05, 0) is 37.3 Å². The van der Waals surface area contributed by atoms with Crippen LogP contribution in [0.15, 0.2) is 18.7 Å². The van der Waals surface area contributed by atoms with Crippen molar-refractivity contribution in [2.24, 2.45) is 5.92 Å². The molecule has 1 saturated carbocycles. The maximum Gasteiger partial charge on any atom is 0.115 e. The standard InChI is InChI=1S/C11H15N3/c1-2-10(9-5-12-7-13-6-9)11-3-8(1)4-14-11/h5-8,10-11,14H,1-4H2. The minimum Gasteiger partial charge on any atom is -0.313 e. The molecule has 0 amide bonds.